The van der Waals surface area contributed by atoms with Crippen molar-refractivity contribution in [2.24, 2.45) is 5.92 Å². The second-order valence-corrected chi connectivity index (χ2v) is 5.23. The molecule has 1 aliphatic rings. The first-order valence-electron chi connectivity index (χ1n) is 7.12. The lowest BCUT2D eigenvalue weighted by Gasteiger charge is -2.43. The lowest BCUT2D eigenvalue weighted by atomic mass is 9.87. The molecule has 1 fully saturated rings. The first-order valence-corrected chi connectivity index (χ1v) is 7.12. The fourth-order valence-electron chi connectivity index (χ4n) is 2.81. The summed E-state index contributed by atoms with van der Waals surface area (Å²) in [6.45, 7) is 0.0941. The maximum Gasteiger partial charge on any atom is 0.101 e. The second kappa shape index (κ2) is 6.26. The zero-order valence-corrected chi connectivity index (χ0v) is 11.7. The highest BCUT2D eigenvalue weighted by molar-refractivity contribution is 5.47. The van der Waals surface area contributed by atoms with Crippen molar-refractivity contribution in [1.29, 1.82) is 0 Å². The van der Waals surface area contributed by atoms with Crippen LogP contribution in [0.4, 0.5) is 5.69 Å². The van der Waals surface area contributed by atoms with E-state index in [4.69, 9.17) is 4.84 Å². The number of hydrogen-bond donors (Lipinski definition) is 2. The van der Waals surface area contributed by atoms with E-state index in [-0.39, 0.29) is 25.2 Å². The summed E-state index contributed by atoms with van der Waals surface area (Å²) in [6, 6.07) is 19.4. The number of benzene rings is 2. The van der Waals surface area contributed by atoms with Crippen molar-refractivity contribution >= 4 is 5.69 Å². The number of rotatable bonds is 3. The SMILES string of the molecule is OCC1C(O)CON(c2ccccc2)C1c1ccccc1. The number of anilines is 1. The van der Waals surface area contributed by atoms with E-state index < -0.39 is 6.10 Å². The Balaban J connectivity index is 2.01. The van der Waals surface area contributed by atoms with Gasteiger partial charge >= 0.3 is 0 Å². The third-order valence-electron chi connectivity index (χ3n) is 3.90. The largest absolute Gasteiger partial charge is 0.396 e. The predicted octanol–water partition coefficient (Wildman–Crippen LogP) is 2.15. The van der Waals surface area contributed by atoms with Gasteiger partial charge in [-0.3, -0.25) is 4.84 Å². The van der Waals surface area contributed by atoms with E-state index in [9.17, 15) is 10.2 Å². The molecule has 2 N–H and O–H groups in total. The molecule has 0 radical (unpaired) electrons. The fourth-order valence-corrected chi connectivity index (χ4v) is 2.81. The minimum absolute atomic E-state index is 0.0899. The standard InChI is InChI=1S/C17H19NO3/c19-11-15-16(20)12-21-18(14-9-5-2-6-10-14)17(15)13-7-3-1-4-8-13/h1-10,15-17,19-20H,11-12H2. The minimum atomic E-state index is -0.680. The summed E-state index contributed by atoms with van der Waals surface area (Å²) in [5.41, 5.74) is 1.93. The molecule has 1 saturated heterocycles. The average molecular weight is 285 g/mol. The zero-order valence-electron chi connectivity index (χ0n) is 11.7. The van der Waals surface area contributed by atoms with Crippen LogP contribution >= 0.6 is 0 Å². The van der Waals surface area contributed by atoms with Crippen LogP contribution in [0.25, 0.3) is 0 Å². The van der Waals surface area contributed by atoms with Gasteiger partial charge in [-0.1, -0.05) is 48.5 Å². The molecule has 21 heavy (non-hydrogen) atoms. The van der Waals surface area contributed by atoms with Gasteiger partial charge in [0.15, 0.2) is 0 Å². The Labute approximate surface area is 124 Å². The molecule has 0 aromatic heterocycles. The van der Waals surface area contributed by atoms with Crippen LogP contribution < -0.4 is 5.06 Å². The summed E-state index contributed by atoms with van der Waals surface area (Å²) >= 11 is 0. The van der Waals surface area contributed by atoms with Crippen LogP contribution in [0.15, 0.2) is 60.7 Å². The van der Waals surface area contributed by atoms with E-state index in [2.05, 4.69) is 0 Å². The molecule has 4 heteroatoms. The highest BCUT2D eigenvalue weighted by Gasteiger charge is 2.39. The van der Waals surface area contributed by atoms with Crippen molar-refractivity contribution in [1.82, 2.24) is 0 Å². The highest BCUT2D eigenvalue weighted by Crippen LogP contribution is 2.38. The van der Waals surface area contributed by atoms with Gasteiger partial charge in [0.05, 0.1) is 24.4 Å². The van der Waals surface area contributed by atoms with Gasteiger partial charge in [0.25, 0.3) is 0 Å². The summed E-state index contributed by atoms with van der Waals surface area (Å²) < 4.78 is 0. The Kier molecular flexibility index (Phi) is 4.20. The molecule has 0 saturated carbocycles. The molecular formula is C17H19NO3. The van der Waals surface area contributed by atoms with Crippen molar-refractivity contribution in [3.63, 3.8) is 0 Å². The van der Waals surface area contributed by atoms with Crippen LogP contribution in [-0.4, -0.2) is 29.5 Å². The molecule has 3 rings (SSSR count). The van der Waals surface area contributed by atoms with Gasteiger partial charge in [-0.15, -0.1) is 0 Å². The molecule has 0 amide bonds. The average Bonchev–Trinajstić information content (AvgIpc) is 2.56. The van der Waals surface area contributed by atoms with Crippen LogP contribution in [0.1, 0.15) is 11.6 Å². The fraction of sp³-hybridized carbons (Fsp3) is 0.294. The molecule has 0 aliphatic carbocycles. The molecule has 1 aliphatic heterocycles. The van der Waals surface area contributed by atoms with E-state index >= 15 is 0 Å². The lowest BCUT2D eigenvalue weighted by molar-refractivity contribution is -0.0878. The summed E-state index contributed by atoms with van der Waals surface area (Å²) in [7, 11) is 0. The molecule has 0 spiro atoms. The normalized spacial score (nSPS) is 25.8. The van der Waals surface area contributed by atoms with Crippen LogP contribution in [0.3, 0.4) is 0 Å². The lowest BCUT2D eigenvalue weighted by Crippen LogP contribution is -2.48. The van der Waals surface area contributed by atoms with E-state index in [1.54, 1.807) is 5.06 Å². The van der Waals surface area contributed by atoms with Crippen molar-refractivity contribution < 1.29 is 15.1 Å². The van der Waals surface area contributed by atoms with E-state index in [1.807, 2.05) is 60.7 Å². The van der Waals surface area contributed by atoms with Crippen LogP contribution in [0.2, 0.25) is 0 Å². The Morgan fingerprint density at radius 1 is 1.00 bits per heavy atom. The van der Waals surface area contributed by atoms with Gasteiger partial charge in [0, 0.05) is 5.92 Å². The molecule has 110 valence electrons. The molecule has 0 bridgehead atoms. The van der Waals surface area contributed by atoms with Crippen molar-refractivity contribution in [2.75, 3.05) is 18.3 Å². The van der Waals surface area contributed by atoms with Crippen LogP contribution in [0.5, 0.6) is 0 Å². The second-order valence-electron chi connectivity index (χ2n) is 5.23. The van der Waals surface area contributed by atoms with Gasteiger partial charge in [-0.25, -0.2) is 5.06 Å². The smallest absolute Gasteiger partial charge is 0.101 e. The minimum Gasteiger partial charge on any atom is -0.396 e. The molecule has 2 aromatic carbocycles. The number of para-hydroxylation sites is 1. The van der Waals surface area contributed by atoms with Crippen LogP contribution in [0, 0.1) is 5.92 Å². The van der Waals surface area contributed by atoms with Crippen LogP contribution in [-0.2, 0) is 4.84 Å². The summed E-state index contributed by atoms with van der Waals surface area (Å²) in [6.07, 6.45) is -0.680. The summed E-state index contributed by atoms with van der Waals surface area (Å²) in [5, 5.41) is 21.7. The van der Waals surface area contributed by atoms with E-state index in [1.165, 1.54) is 0 Å². The summed E-state index contributed by atoms with van der Waals surface area (Å²) in [5.74, 6) is -0.290. The quantitative estimate of drug-likeness (QED) is 0.907. The number of aliphatic hydroxyl groups is 2. The molecular weight excluding hydrogens is 266 g/mol. The van der Waals surface area contributed by atoms with E-state index in [0.717, 1.165) is 11.3 Å². The van der Waals surface area contributed by atoms with Crippen molar-refractivity contribution in [3.05, 3.63) is 66.2 Å². The Morgan fingerprint density at radius 2 is 1.62 bits per heavy atom. The predicted molar refractivity (Wildman–Crippen MR) is 80.6 cm³/mol. The van der Waals surface area contributed by atoms with Gasteiger partial charge in [-0.2, -0.15) is 0 Å². The van der Waals surface area contributed by atoms with Gasteiger partial charge in [0.2, 0.25) is 0 Å². The molecule has 1 heterocycles. The maximum atomic E-state index is 10.2. The molecule has 2 aromatic rings. The first kappa shape index (κ1) is 14.1. The topological polar surface area (TPSA) is 52.9 Å². The number of hydrogen-bond acceptors (Lipinski definition) is 4. The molecule has 3 unspecified atom stereocenters. The first-order chi connectivity index (χ1) is 10.3. The molecule has 4 nitrogen and oxygen atoms in total. The van der Waals surface area contributed by atoms with Crippen molar-refractivity contribution in [2.45, 2.75) is 12.1 Å². The van der Waals surface area contributed by atoms with Gasteiger partial charge in [0.1, 0.15) is 6.61 Å². The highest BCUT2D eigenvalue weighted by atomic mass is 16.7. The number of hydroxylamine groups is 1. The monoisotopic (exact) mass is 285 g/mol. The third kappa shape index (κ3) is 2.78. The number of nitrogens with zero attached hydrogens (tertiary/aromatic N) is 1. The third-order valence-corrected chi connectivity index (χ3v) is 3.90. The Hall–Kier alpha value is -1.88. The Morgan fingerprint density at radius 3 is 2.24 bits per heavy atom. The number of aliphatic hydroxyl groups excluding tert-OH is 2. The van der Waals surface area contributed by atoms with E-state index in [0.29, 0.717) is 0 Å². The summed E-state index contributed by atoms with van der Waals surface area (Å²) in [4.78, 5) is 5.75. The maximum absolute atomic E-state index is 10.2. The van der Waals surface area contributed by atoms with Crippen molar-refractivity contribution in [3.8, 4) is 0 Å². The van der Waals surface area contributed by atoms with Gasteiger partial charge in [-0.05, 0) is 17.7 Å². The van der Waals surface area contributed by atoms with Gasteiger partial charge < -0.3 is 10.2 Å². The Bertz CT molecular complexity index is 561. The molecule has 3 atom stereocenters. The zero-order chi connectivity index (χ0) is 14.7.